The lowest BCUT2D eigenvalue weighted by atomic mass is 9.92. The molecule has 0 saturated carbocycles. The van der Waals surface area contributed by atoms with Gasteiger partial charge in [0.25, 0.3) is 0 Å². The molecule has 0 spiro atoms. The molecule has 0 aromatic rings. The van der Waals surface area contributed by atoms with Gasteiger partial charge in [0.1, 0.15) is 6.04 Å². The number of rotatable bonds is 7. The standard InChI is InChI=1S/C13H26N2O2/c1-3-4-12(13(16)17)15-9-6-11(7-10-15)5-8-14-2/h11-12,14H,3-10H2,1-2H3,(H,16,17). The van der Waals surface area contributed by atoms with Crippen molar-refractivity contribution in [2.24, 2.45) is 5.92 Å². The average molecular weight is 242 g/mol. The maximum atomic E-state index is 11.2. The van der Waals surface area contributed by atoms with E-state index in [4.69, 9.17) is 0 Å². The molecule has 0 aromatic heterocycles. The van der Waals surface area contributed by atoms with E-state index in [1.807, 2.05) is 7.05 Å². The first kappa shape index (κ1) is 14.5. The van der Waals surface area contributed by atoms with Crippen LogP contribution in [0.5, 0.6) is 0 Å². The lowest BCUT2D eigenvalue weighted by Gasteiger charge is -2.35. The first-order valence-electron chi connectivity index (χ1n) is 6.80. The van der Waals surface area contributed by atoms with E-state index in [1.165, 1.54) is 6.42 Å². The van der Waals surface area contributed by atoms with Crippen LogP contribution in [0.4, 0.5) is 0 Å². The predicted octanol–water partition coefficient (Wildman–Crippen LogP) is 1.56. The normalized spacial score (nSPS) is 20.4. The smallest absolute Gasteiger partial charge is 0.320 e. The van der Waals surface area contributed by atoms with Gasteiger partial charge in [0.05, 0.1) is 0 Å². The molecular formula is C13H26N2O2. The lowest BCUT2D eigenvalue weighted by Crippen LogP contribution is -2.45. The van der Waals surface area contributed by atoms with E-state index in [0.29, 0.717) is 0 Å². The summed E-state index contributed by atoms with van der Waals surface area (Å²) < 4.78 is 0. The van der Waals surface area contributed by atoms with Crippen molar-refractivity contribution in [1.29, 1.82) is 0 Å². The molecule has 1 unspecified atom stereocenters. The van der Waals surface area contributed by atoms with Crippen molar-refractivity contribution in [3.05, 3.63) is 0 Å². The summed E-state index contributed by atoms with van der Waals surface area (Å²) >= 11 is 0. The number of nitrogens with one attached hydrogen (secondary N) is 1. The van der Waals surface area contributed by atoms with Crippen LogP contribution in [-0.4, -0.2) is 48.7 Å². The third-order valence-corrected chi connectivity index (χ3v) is 3.74. The van der Waals surface area contributed by atoms with Crippen molar-refractivity contribution in [2.45, 2.75) is 45.1 Å². The molecule has 0 bridgehead atoms. The summed E-state index contributed by atoms with van der Waals surface area (Å²) in [5, 5.41) is 12.4. The molecule has 1 saturated heterocycles. The second-order valence-corrected chi connectivity index (χ2v) is 5.01. The quantitative estimate of drug-likeness (QED) is 0.711. The van der Waals surface area contributed by atoms with E-state index >= 15 is 0 Å². The van der Waals surface area contributed by atoms with Gasteiger partial charge in [0.15, 0.2) is 0 Å². The first-order chi connectivity index (χ1) is 8.19. The van der Waals surface area contributed by atoms with Gasteiger partial charge in [-0.05, 0) is 58.3 Å². The van der Waals surface area contributed by atoms with Crippen LogP contribution >= 0.6 is 0 Å². The zero-order valence-corrected chi connectivity index (χ0v) is 11.1. The monoisotopic (exact) mass is 242 g/mol. The van der Waals surface area contributed by atoms with Gasteiger partial charge in [0.2, 0.25) is 0 Å². The van der Waals surface area contributed by atoms with Gasteiger partial charge in [-0.2, -0.15) is 0 Å². The molecule has 2 N–H and O–H groups in total. The van der Waals surface area contributed by atoms with Crippen LogP contribution in [0.2, 0.25) is 0 Å². The molecule has 1 aliphatic rings. The summed E-state index contributed by atoms with van der Waals surface area (Å²) in [6.07, 6.45) is 5.23. The maximum absolute atomic E-state index is 11.2. The van der Waals surface area contributed by atoms with Crippen molar-refractivity contribution in [3.63, 3.8) is 0 Å². The number of carboxylic acid groups (broad SMARTS) is 1. The number of hydrogen-bond acceptors (Lipinski definition) is 3. The van der Waals surface area contributed by atoms with Crippen LogP contribution < -0.4 is 5.32 Å². The van der Waals surface area contributed by atoms with Gasteiger partial charge < -0.3 is 10.4 Å². The fourth-order valence-corrected chi connectivity index (χ4v) is 2.64. The first-order valence-corrected chi connectivity index (χ1v) is 6.80. The highest BCUT2D eigenvalue weighted by Gasteiger charge is 2.28. The zero-order chi connectivity index (χ0) is 12.7. The zero-order valence-electron chi connectivity index (χ0n) is 11.1. The van der Waals surface area contributed by atoms with E-state index in [9.17, 15) is 9.90 Å². The van der Waals surface area contributed by atoms with Crippen molar-refractivity contribution in [3.8, 4) is 0 Å². The maximum Gasteiger partial charge on any atom is 0.320 e. The van der Waals surface area contributed by atoms with Gasteiger partial charge in [-0.25, -0.2) is 0 Å². The molecule has 1 heterocycles. The molecule has 4 heteroatoms. The molecule has 100 valence electrons. The predicted molar refractivity (Wildman–Crippen MR) is 69.2 cm³/mol. The molecule has 0 aliphatic carbocycles. The number of likely N-dealkylation sites (tertiary alicyclic amines) is 1. The van der Waals surface area contributed by atoms with Gasteiger partial charge in [-0.15, -0.1) is 0 Å². The molecule has 0 aromatic carbocycles. The average Bonchev–Trinajstić information content (AvgIpc) is 2.34. The van der Waals surface area contributed by atoms with Crippen molar-refractivity contribution in [1.82, 2.24) is 10.2 Å². The molecule has 1 fully saturated rings. The SMILES string of the molecule is CCCC(C(=O)O)N1CCC(CCNC)CC1. The Morgan fingerprint density at radius 3 is 2.59 bits per heavy atom. The van der Waals surface area contributed by atoms with Crippen LogP contribution in [-0.2, 0) is 4.79 Å². The molecule has 1 rings (SSSR count). The second-order valence-electron chi connectivity index (χ2n) is 5.01. The highest BCUT2D eigenvalue weighted by Crippen LogP contribution is 2.22. The van der Waals surface area contributed by atoms with Crippen LogP contribution in [0.25, 0.3) is 0 Å². The minimum atomic E-state index is -0.652. The van der Waals surface area contributed by atoms with E-state index in [-0.39, 0.29) is 6.04 Å². The Hall–Kier alpha value is -0.610. The van der Waals surface area contributed by atoms with Crippen molar-refractivity contribution in [2.75, 3.05) is 26.7 Å². The van der Waals surface area contributed by atoms with E-state index < -0.39 is 5.97 Å². The number of carbonyl (C=O) groups is 1. The summed E-state index contributed by atoms with van der Waals surface area (Å²) in [5.41, 5.74) is 0. The van der Waals surface area contributed by atoms with Gasteiger partial charge in [-0.3, -0.25) is 9.69 Å². The van der Waals surface area contributed by atoms with E-state index in [1.54, 1.807) is 0 Å². The summed E-state index contributed by atoms with van der Waals surface area (Å²) in [4.78, 5) is 13.3. The van der Waals surface area contributed by atoms with Crippen LogP contribution in [0, 0.1) is 5.92 Å². The van der Waals surface area contributed by atoms with E-state index in [0.717, 1.165) is 51.2 Å². The minimum Gasteiger partial charge on any atom is -0.480 e. The van der Waals surface area contributed by atoms with Gasteiger partial charge >= 0.3 is 5.97 Å². The Morgan fingerprint density at radius 1 is 1.47 bits per heavy atom. The summed E-state index contributed by atoms with van der Waals surface area (Å²) in [6.45, 7) is 5.02. The number of nitrogens with zero attached hydrogens (tertiary/aromatic N) is 1. The van der Waals surface area contributed by atoms with Crippen LogP contribution in [0.15, 0.2) is 0 Å². The third kappa shape index (κ3) is 4.64. The van der Waals surface area contributed by atoms with E-state index in [2.05, 4.69) is 17.1 Å². The van der Waals surface area contributed by atoms with Crippen LogP contribution in [0.3, 0.4) is 0 Å². The van der Waals surface area contributed by atoms with Crippen molar-refractivity contribution < 1.29 is 9.90 Å². The number of aliphatic carboxylic acids is 1. The lowest BCUT2D eigenvalue weighted by molar-refractivity contribution is -0.144. The Labute approximate surface area is 104 Å². The Morgan fingerprint density at radius 2 is 2.12 bits per heavy atom. The highest BCUT2D eigenvalue weighted by atomic mass is 16.4. The fourth-order valence-electron chi connectivity index (χ4n) is 2.64. The third-order valence-electron chi connectivity index (χ3n) is 3.74. The molecule has 4 nitrogen and oxygen atoms in total. The minimum absolute atomic E-state index is 0.259. The molecule has 17 heavy (non-hydrogen) atoms. The van der Waals surface area contributed by atoms with Crippen LogP contribution in [0.1, 0.15) is 39.0 Å². The Bertz CT molecular complexity index is 225. The topological polar surface area (TPSA) is 52.6 Å². The molecule has 0 radical (unpaired) electrons. The second kappa shape index (κ2) is 7.67. The van der Waals surface area contributed by atoms with Gasteiger partial charge in [0, 0.05) is 0 Å². The van der Waals surface area contributed by atoms with Crippen molar-refractivity contribution >= 4 is 5.97 Å². The highest BCUT2D eigenvalue weighted by molar-refractivity contribution is 5.73. The largest absolute Gasteiger partial charge is 0.480 e. The molecule has 0 amide bonds. The Balaban J connectivity index is 2.36. The number of piperidine rings is 1. The fraction of sp³-hybridized carbons (Fsp3) is 0.923. The number of hydrogen-bond donors (Lipinski definition) is 2. The molecule has 1 atom stereocenters. The molecular weight excluding hydrogens is 216 g/mol. The summed E-state index contributed by atoms with van der Waals surface area (Å²) in [7, 11) is 1.98. The summed E-state index contributed by atoms with van der Waals surface area (Å²) in [5.74, 6) is 0.121. The number of carboxylic acids is 1. The molecule has 1 aliphatic heterocycles. The van der Waals surface area contributed by atoms with Gasteiger partial charge in [-0.1, -0.05) is 13.3 Å². The Kier molecular flexibility index (Phi) is 6.52. The summed E-state index contributed by atoms with van der Waals surface area (Å²) in [6, 6.07) is -0.259.